The average molecular weight is 411 g/mol. The minimum Gasteiger partial charge on any atom is -0.338 e. The van der Waals surface area contributed by atoms with E-state index in [2.05, 4.69) is 52.9 Å². The van der Waals surface area contributed by atoms with Gasteiger partial charge in [0.2, 0.25) is 5.91 Å². The van der Waals surface area contributed by atoms with Crippen molar-refractivity contribution in [2.24, 2.45) is 0 Å². The molecule has 0 fully saturated rings. The number of fused-ring (bicyclic) bond motifs is 3. The van der Waals surface area contributed by atoms with Crippen LogP contribution in [0.15, 0.2) is 66.9 Å². The van der Waals surface area contributed by atoms with Crippen molar-refractivity contribution in [3.63, 3.8) is 0 Å². The molecule has 31 heavy (non-hydrogen) atoms. The monoisotopic (exact) mass is 410 g/mol. The first-order valence-electron chi connectivity index (χ1n) is 10.9. The molecule has 0 radical (unpaired) electrons. The van der Waals surface area contributed by atoms with Crippen LogP contribution in [0.3, 0.4) is 0 Å². The third-order valence-electron chi connectivity index (χ3n) is 6.22. The van der Waals surface area contributed by atoms with Gasteiger partial charge in [0.1, 0.15) is 5.69 Å². The molecule has 5 nitrogen and oxygen atoms in total. The highest BCUT2D eigenvalue weighted by Crippen LogP contribution is 2.34. The van der Waals surface area contributed by atoms with Gasteiger partial charge in [0.25, 0.3) is 0 Å². The third kappa shape index (κ3) is 3.61. The van der Waals surface area contributed by atoms with Crippen LogP contribution in [0.4, 0.5) is 0 Å². The summed E-state index contributed by atoms with van der Waals surface area (Å²) in [7, 11) is 0. The second kappa shape index (κ2) is 7.99. The molecule has 3 heterocycles. The lowest BCUT2D eigenvalue weighted by molar-refractivity contribution is -0.129. The van der Waals surface area contributed by atoms with Crippen LogP contribution in [-0.2, 0) is 24.2 Å². The van der Waals surface area contributed by atoms with E-state index in [1.165, 1.54) is 16.7 Å². The molecule has 0 N–H and O–H groups in total. The van der Waals surface area contributed by atoms with Gasteiger partial charge >= 0.3 is 0 Å². The Morgan fingerprint density at radius 3 is 2.61 bits per heavy atom. The summed E-state index contributed by atoms with van der Waals surface area (Å²) in [6.45, 7) is 5.27. The van der Waals surface area contributed by atoms with E-state index in [1.54, 1.807) is 6.92 Å². The van der Waals surface area contributed by atoms with Crippen LogP contribution >= 0.6 is 0 Å². The van der Waals surface area contributed by atoms with Crippen LogP contribution in [0.2, 0.25) is 0 Å². The summed E-state index contributed by atoms with van der Waals surface area (Å²) in [5.41, 5.74) is 6.72. The molecule has 0 unspecified atom stereocenters. The summed E-state index contributed by atoms with van der Waals surface area (Å²) >= 11 is 0. The van der Waals surface area contributed by atoms with Crippen molar-refractivity contribution < 1.29 is 4.79 Å². The van der Waals surface area contributed by atoms with E-state index in [-0.39, 0.29) is 11.9 Å². The van der Waals surface area contributed by atoms with E-state index in [0.29, 0.717) is 6.54 Å². The third-order valence-corrected chi connectivity index (χ3v) is 6.22. The Balaban J connectivity index is 1.67. The normalized spacial score (nSPS) is 14.5. The number of amides is 1. The number of rotatable bonds is 4. The minimum atomic E-state index is 0.115. The van der Waals surface area contributed by atoms with Crippen LogP contribution in [0, 0.1) is 0 Å². The maximum absolute atomic E-state index is 12.0. The van der Waals surface area contributed by atoms with E-state index in [1.807, 2.05) is 35.4 Å². The number of aromatic nitrogens is 3. The molecule has 2 aromatic heterocycles. The summed E-state index contributed by atoms with van der Waals surface area (Å²) in [5.74, 6) is 0.997. The van der Waals surface area contributed by atoms with Gasteiger partial charge in [-0.05, 0) is 49.1 Å². The molecule has 0 spiro atoms. The molecule has 2 aromatic carbocycles. The van der Waals surface area contributed by atoms with Gasteiger partial charge in [-0.3, -0.25) is 9.78 Å². The second-order valence-electron chi connectivity index (χ2n) is 8.32. The van der Waals surface area contributed by atoms with Crippen LogP contribution in [0.25, 0.3) is 22.6 Å². The number of benzene rings is 2. The molecule has 156 valence electrons. The van der Waals surface area contributed by atoms with Crippen LogP contribution in [0.5, 0.6) is 0 Å². The lowest BCUT2D eigenvalue weighted by Gasteiger charge is -2.28. The van der Waals surface area contributed by atoms with Gasteiger partial charge in [0.15, 0.2) is 5.82 Å². The summed E-state index contributed by atoms with van der Waals surface area (Å²) in [4.78, 5) is 23.7. The van der Waals surface area contributed by atoms with Gasteiger partial charge in [0.05, 0.1) is 11.0 Å². The highest BCUT2D eigenvalue weighted by Gasteiger charge is 2.25. The van der Waals surface area contributed by atoms with Gasteiger partial charge in [-0.2, -0.15) is 0 Å². The summed E-state index contributed by atoms with van der Waals surface area (Å²) in [5, 5.41) is 0. The predicted molar refractivity (Wildman–Crippen MR) is 123 cm³/mol. The Morgan fingerprint density at radius 1 is 1.06 bits per heavy atom. The zero-order chi connectivity index (χ0) is 21.4. The number of imidazole rings is 1. The standard InChI is InChI=1S/C26H26N4O/c1-18(16-20-8-4-3-5-9-20)30-24-12-11-21-13-15-29(19(2)31)17-22(21)25(24)28-26(30)23-10-6-7-14-27-23/h3-12,14,18H,13,15-17H2,1-2H3/t18-/m1/s1. The molecular weight excluding hydrogens is 384 g/mol. The molecule has 0 bridgehead atoms. The van der Waals surface area contributed by atoms with Gasteiger partial charge in [-0.15, -0.1) is 0 Å². The number of hydrogen-bond acceptors (Lipinski definition) is 3. The fraction of sp³-hybridized carbons (Fsp3) is 0.269. The zero-order valence-electron chi connectivity index (χ0n) is 18.0. The number of hydrogen-bond donors (Lipinski definition) is 0. The van der Waals surface area contributed by atoms with Crippen molar-refractivity contribution in [2.75, 3.05) is 6.54 Å². The fourth-order valence-corrected chi connectivity index (χ4v) is 4.63. The first-order valence-corrected chi connectivity index (χ1v) is 10.9. The Bertz CT molecular complexity index is 1230. The zero-order valence-corrected chi connectivity index (χ0v) is 18.0. The minimum absolute atomic E-state index is 0.115. The predicted octanol–water partition coefficient (Wildman–Crippen LogP) is 4.81. The Labute approximate surface area is 182 Å². The Morgan fingerprint density at radius 2 is 1.87 bits per heavy atom. The highest BCUT2D eigenvalue weighted by molar-refractivity contribution is 5.85. The van der Waals surface area contributed by atoms with E-state index in [4.69, 9.17) is 4.98 Å². The number of carbonyl (C=O) groups is 1. The van der Waals surface area contributed by atoms with E-state index in [9.17, 15) is 4.79 Å². The van der Waals surface area contributed by atoms with Gasteiger partial charge in [-0.1, -0.05) is 42.5 Å². The van der Waals surface area contributed by atoms with Crippen molar-refractivity contribution in [3.05, 3.63) is 83.6 Å². The maximum Gasteiger partial charge on any atom is 0.219 e. The van der Waals surface area contributed by atoms with Crippen LogP contribution < -0.4 is 0 Å². The molecular formula is C26H26N4O. The van der Waals surface area contributed by atoms with E-state index in [0.717, 1.165) is 41.9 Å². The molecule has 4 aromatic rings. The second-order valence-corrected chi connectivity index (χ2v) is 8.32. The van der Waals surface area contributed by atoms with E-state index >= 15 is 0 Å². The molecule has 1 aliphatic heterocycles. The van der Waals surface area contributed by atoms with Crippen molar-refractivity contribution in [2.45, 2.75) is 39.3 Å². The molecule has 5 rings (SSSR count). The Kier molecular flexibility index (Phi) is 5.02. The smallest absolute Gasteiger partial charge is 0.219 e. The largest absolute Gasteiger partial charge is 0.338 e. The maximum atomic E-state index is 12.0. The molecule has 0 saturated heterocycles. The molecule has 5 heteroatoms. The van der Waals surface area contributed by atoms with Crippen LogP contribution in [0.1, 0.15) is 36.6 Å². The highest BCUT2D eigenvalue weighted by atomic mass is 16.2. The SMILES string of the molecule is CC(=O)N1CCc2ccc3c(nc(-c4ccccn4)n3[C@H](C)Cc3ccccc3)c2C1. The first-order chi connectivity index (χ1) is 15.1. The lowest BCUT2D eigenvalue weighted by atomic mass is 9.98. The number of carbonyl (C=O) groups excluding carboxylic acids is 1. The molecule has 1 atom stereocenters. The van der Waals surface area contributed by atoms with Crippen molar-refractivity contribution in [1.82, 2.24) is 19.4 Å². The summed E-state index contributed by atoms with van der Waals surface area (Å²) in [6, 6.07) is 21.1. The van der Waals surface area contributed by atoms with Crippen LogP contribution in [-0.4, -0.2) is 31.9 Å². The summed E-state index contributed by atoms with van der Waals surface area (Å²) in [6.07, 6.45) is 3.59. The van der Waals surface area contributed by atoms with Gasteiger partial charge < -0.3 is 9.47 Å². The Hall–Kier alpha value is -3.47. The quantitative estimate of drug-likeness (QED) is 0.485. The average Bonchev–Trinajstić information content (AvgIpc) is 3.20. The first kappa shape index (κ1) is 19.5. The summed E-state index contributed by atoms with van der Waals surface area (Å²) < 4.78 is 2.32. The van der Waals surface area contributed by atoms with Crippen molar-refractivity contribution >= 4 is 16.9 Å². The molecule has 1 aliphatic rings. The topological polar surface area (TPSA) is 51.0 Å². The number of nitrogens with zero attached hydrogens (tertiary/aromatic N) is 4. The molecule has 0 saturated carbocycles. The fourth-order valence-electron chi connectivity index (χ4n) is 4.63. The van der Waals surface area contributed by atoms with Crippen molar-refractivity contribution in [1.29, 1.82) is 0 Å². The molecule has 1 amide bonds. The molecule has 0 aliphatic carbocycles. The van der Waals surface area contributed by atoms with Gasteiger partial charge in [0, 0.05) is 37.8 Å². The van der Waals surface area contributed by atoms with E-state index < -0.39 is 0 Å². The lowest BCUT2D eigenvalue weighted by Crippen LogP contribution is -2.34. The van der Waals surface area contributed by atoms with Gasteiger partial charge in [-0.25, -0.2) is 4.98 Å². The van der Waals surface area contributed by atoms with Crippen molar-refractivity contribution in [3.8, 4) is 11.5 Å². The number of pyridine rings is 1.